The monoisotopic (exact) mass is 571 g/mol. The molecule has 0 spiro atoms. The topological polar surface area (TPSA) is 104 Å². The first-order valence-electron chi connectivity index (χ1n) is 11.5. The van der Waals surface area contributed by atoms with E-state index in [1.807, 2.05) is 36.4 Å². The number of ether oxygens (including phenoxy) is 1. The molecule has 36 heavy (non-hydrogen) atoms. The molecule has 0 aliphatic heterocycles. The molecule has 0 bridgehead atoms. The second-order valence-corrected chi connectivity index (χ2v) is 14.6. The average molecular weight is 573 g/mol. The lowest BCUT2D eigenvalue weighted by molar-refractivity contribution is -0.388. The molecule has 10 heteroatoms. The summed E-state index contributed by atoms with van der Waals surface area (Å²) in [6.45, 7) is 6.61. The summed E-state index contributed by atoms with van der Waals surface area (Å²) in [6, 6.07) is 21.8. The van der Waals surface area contributed by atoms with Crippen molar-refractivity contribution in [2.45, 2.75) is 25.8 Å². The molecular formula is C26H30BrN3O5Si. The number of hydrogen-bond acceptors (Lipinski definition) is 7. The molecule has 0 saturated carbocycles. The second kappa shape index (κ2) is 11.8. The maximum Gasteiger partial charge on any atom is 0.386 e. The molecule has 0 aliphatic rings. The lowest BCUT2D eigenvalue weighted by atomic mass is 10.1. The van der Waals surface area contributed by atoms with Gasteiger partial charge in [0, 0.05) is 13.2 Å². The first-order chi connectivity index (χ1) is 17.1. The van der Waals surface area contributed by atoms with E-state index in [9.17, 15) is 14.9 Å². The van der Waals surface area contributed by atoms with Crippen molar-refractivity contribution >= 4 is 52.1 Å². The molecule has 0 fully saturated rings. The number of hydrogen-bond donors (Lipinski definition) is 1. The summed E-state index contributed by atoms with van der Waals surface area (Å²) >= 11 is 3.29. The van der Waals surface area contributed by atoms with E-state index in [0.29, 0.717) is 4.47 Å². The van der Waals surface area contributed by atoms with Crippen LogP contribution in [0.1, 0.15) is 20.8 Å². The number of methoxy groups -OCH3 is 1. The number of carbonyl (C=O) groups is 1. The Morgan fingerprint density at radius 1 is 1.11 bits per heavy atom. The quantitative estimate of drug-likeness (QED) is 0.165. The Kier molecular flexibility index (Phi) is 8.99. The SMILES string of the molecule is COC(=O)C(CNc1cc(Br)cnc1[N+](=O)[O-])CO[Si](c1ccccc1)(c1ccccc1)C(C)(C)C. The van der Waals surface area contributed by atoms with Crippen LogP contribution in [-0.4, -0.2) is 44.5 Å². The summed E-state index contributed by atoms with van der Waals surface area (Å²) in [5.74, 6) is -1.50. The summed E-state index contributed by atoms with van der Waals surface area (Å²) in [6.07, 6.45) is 1.35. The van der Waals surface area contributed by atoms with E-state index >= 15 is 0 Å². The first-order valence-corrected chi connectivity index (χ1v) is 14.2. The number of aromatic nitrogens is 1. The summed E-state index contributed by atoms with van der Waals surface area (Å²) in [4.78, 5) is 27.5. The zero-order valence-corrected chi connectivity index (χ0v) is 23.3. The minimum Gasteiger partial charge on any atom is -0.469 e. The molecule has 1 unspecified atom stereocenters. The molecule has 3 rings (SSSR count). The fraction of sp³-hybridized carbons (Fsp3) is 0.308. The van der Waals surface area contributed by atoms with Crippen LogP contribution in [0.25, 0.3) is 0 Å². The van der Waals surface area contributed by atoms with Gasteiger partial charge in [0.2, 0.25) is 0 Å². The van der Waals surface area contributed by atoms with Gasteiger partial charge in [0.05, 0.1) is 17.5 Å². The summed E-state index contributed by atoms with van der Waals surface area (Å²) in [7, 11) is -1.56. The minimum atomic E-state index is -2.88. The largest absolute Gasteiger partial charge is 0.469 e. The molecule has 1 atom stereocenters. The third-order valence-corrected chi connectivity index (χ3v) is 11.4. The van der Waals surface area contributed by atoms with Gasteiger partial charge in [-0.05, 0) is 47.3 Å². The van der Waals surface area contributed by atoms with Crippen molar-refractivity contribution in [1.29, 1.82) is 0 Å². The van der Waals surface area contributed by atoms with Gasteiger partial charge in [-0.15, -0.1) is 0 Å². The molecule has 0 amide bonds. The number of pyridine rings is 1. The first kappa shape index (κ1) is 27.5. The molecule has 2 aromatic carbocycles. The van der Waals surface area contributed by atoms with E-state index < -0.39 is 25.1 Å². The fourth-order valence-corrected chi connectivity index (χ4v) is 9.24. The van der Waals surface area contributed by atoms with E-state index in [1.54, 1.807) is 6.07 Å². The van der Waals surface area contributed by atoms with Gasteiger partial charge < -0.3 is 24.6 Å². The van der Waals surface area contributed by atoms with Crippen molar-refractivity contribution in [2.24, 2.45) is 5.92 Å². The number of carbonyl (C=O) groups excluding carboxylic acids is 1. The lowest BCUT2D eigenvalue weighted by Crippen LogP contribution is -2.67. The fourth-order valence-electron chi connectivity index (χ4n) is 4.30. The van der Waals surface area contributed by atoms with Gasteiger partial charge in [-0.3, -0.25) is 4.79 Å². The standard InChI is InChI=1S/C26H30BrN3O5Si/c1-26(2,3)36(21-11-7-5-8-12-21,22-13-9-6-10-14-22)35-18-19(25(31)34-4)16-28-23-15-20(27)17-29-24(23)30(32)33/h5-15,17,19,28H,16,18H2,1-4H3. The highest BCUT2D eigenvalue weighted by molar-refractivity contribution is 9.10. The van der Waals surface area contributed by atoms with Crippen LogP contribution in [0.2, 0.25) is 5.04 Å². The zero-order chi connectivity index (χ0) is 26.3. The van der Waals surface area contributed by atoms with Crippen LogP contribution in [0.5, 0.6) is 0 Å². The van der Waals surface area contributed by atoms with Crippen LogP contribution in [0, 0.1) is 16.0 Å². The number of anilines is 1. The number of esters is 1. The van der Waals surface area contributed by atoms with Crippen molar-refractivity contribution in [2.75, 3.05) is 25.6 Å². The average Bonchev–Trinajstić information content (AvgIpc) is 2.86. The van der Waals surface area contributed by atoms with Gasteiger partial charge in [-0.2, -0.15) is 0 Å². The summed E-state index contributed by atoms with van der Waals surface area (Å²) < 4.78 is 12.5. The number of nitrogens with zero attached hydrogens (tertiary/aromatic N) is 2. The summed E-state index contributed by atoms with van der Waals surface area (Å²) in [5, 5.41) is 16.3. The van der Waals surface area contributed by atoms with Gasteiger partial charge in [0.1, 0.15) is 5.69 Å². The van der Waals surface area contributed by atoms with Gasteiger partial charge in [-0.25, -0.2) is 0 Å². The Morgan fingerprint density at radius 3 is 2.14 bits per heavy atom. The molecule has 8 nitrogen and oxygen atoms in total. The molecule has 0 radical (unpaired) electrons. The zero-order valence-electron chi connectivity index (χ0n) is 20.7. The number of halogens is 1. The summed E-state index contributed by atoms with van der Waals surface area (Å²) in [5.41, 5.74) is 0.203. The second-order valence-electron chi connectivity index (χ2n) is 9.36. The van der Waals surface area contributed by atoms with Crippen LogP contribution in [0.15, 0.2) is 77.4 Å². The Bertz CT molecular complexity index is 1150. The van der Waals surface area contributed by atoms with Crippen LogP contribution in [0.4, 0.5) is 11.5 Å². The smallest absolute Gasteiger partial charge is 0.386 e. The molecule has 1 aromatic heterocycles. The highest BCUT2D eigenvalue weighted by Crippen LogP contribution is 2.37. The Morgan fingerprint density at radius 2 is 1.67 bits per heavy atom. The minimum absolute atomic E-state index is 0.0716. The predicted octanol–water partition coefficient (Wildman–Crippen LogP) is 4.53. The van der Waals surface area contributed by atoms with Crippen LogP contribution < -0.4 is 15.7 Å². The Balaban J connectivity index is 1.97. The normalized spacial score (nSPS) is 12.6. The van der Waals surface area contributed by atoms with Gasteiger partial charge >= 0.3 is 11.8 Å². The van der Waals surface area contributed by atoms with E-state index in [2.05, 4.69) is 71.3 Å². The van der Waals surface area contributed by atoms with Crippen molar-refractivity contribution in [3.63, 3.8) is 0 Å². The molecule has 0 aliphatic carbocycles. The van der Waals surface area contributed by atoms with E-state index in [0.717, 1.165) is 10.4 Å². The van der Waals surface area contributed by atoms with Gasteiger partial charge in [0.25, 0.3) is 8.32 Å². The van der Waals surface area contributed by atoms with E-state index in [1.165, 1.54) is 13.3 Å². The number of benzene rings is 2. The highest BCUT2D eigenvalue weighted by atomic mass is 79.9. The van der Waals surface area contributed by atoms with Gasteiger partial charge in [0.15, 0.2) is 6.20 Å². The maximum absolute atomic E-state index is 12.8. The van der Waals surface area contributed by atoms with Crippen molar-refractivity contribution in [3.8, 4) is 0 Å². The van der Waals surface area contributed by atoms with Crippen LogP contribution in [-0.2, 0) is 14.0 Å². The van der Waals surface area contributed by atoms with E-state index in [4.69, 9.17) is 9.16 Å². The third kappa shape index (κ3) is 6.00. The van der Waals surface area contributed by atoms with Crippen LogP contribution in [0.3, 0.4) is 0 Å². The third-order valence-electron chi connectivity index (χ3n) is 6.00. The molecule has 0 saturated heterocycles. The molecule has 1 heterocycles. The number of rotatable bonds is 10. The number of nitrogens with one attached hydrogen (secondary N) is 1. The van der Waals surface area contributed by atoms with E-state index in [-0.39, 0.29) is 29.7 Å². The molecule has 3 aromatic rings. The van der Waals surface area contributed by atoms with Gasteiger partial charge in [-0.1, -0.05) is 81.4 Å². The Labute approximate surface area is 220 Å². The van der Waals surface area contributed by atoms with Crippen molar-refractivity contribution in [1.82, 2.24) is 4.98 Å². The highest BCUT2D eigenvalue weighted by Gasteiger charge is 2.50. The Hall–Kier alpha value is -3.08. The molecule has 190 valence electrons. The number of nitro groups is 1. The molecule has 1 N–H and O–H groups in total. The lowest BCUT2D eigenvalue weighted by Gasteiger charge is -2.43. The maximum atomic E-state index is 12.8. The van der Waals surface area contributed by atoms with Crippen LogP contribution >= 0.6 is 15.9 Å². The predicted molar refractivity (Wildman–Crippen MR) is 146 cm³/mol. The molecular weight excluding hydrogens is 542 g/mol. The van der Waals surface area contributed by atoms with Crippen molar-refractivity contribution < 1.29 is 18.9 Å². The van der Waals surface area contributed by atoms with Crippen molar-refractivity contribution in [3.05, 3.63) is 87.5 Å².